The van der Waals surface area contributed by atoms with Gasteiger partial charge in [0.05, 0.1) is 12.2 Å². The minimum absolute atomic E-state index is 0.0767. The van der Waals surface area contributed by atoms with E-state index < -0.39 is 10.0 Å². The summed E-state index contributed by atoms with van der Waals surface area (Å²) in [7, 11) is -3.65. The van der Waals surface area contributed by atoms with E-state index in [4.69, 9.17) is 0 Å². The molecule has 0 spiro atoms. The molecule has 1 aromatic heterocycles. The molecule has 0 aliphatic carbocycles. The zero-order valence-corrected chi connectivity index (χ0v) is 14.9. The summed E-state index contributed by atoms with van der Waals surface area (Å²) >= 11 is 0. The van der Waals surface area contributed by atoms with Gasteiger partial charge in [0.15, 0.2) is 5.04 Å². The van der Waals surface area contributed by atoms with Crippen LogP contribution in [0.2, 0.25) is 0 Å². The maximum atomic E-state index is 12.5. The number of nitrogens with one attached hydrogen (secondary N) is 1. The molecule has 6 heteroatoms. The summed E-state index contributed by atoms with van der Waals surface area (Å²) in [6.45, 7) is 6.99. The van der Waals surface area contributed by atoms with Crippen molar-refractivity contribution in [3.8, 4) is 0 Å². The number of aliphatic imine (C=N–C) groups is 1. The molecule has 1 aromatic carbocycles. The number of hydrogen-bond donors (Lipinski definition) is 1. The van der Waals surface area contributed by atoms with Gasteiger partial charge < -0.3 is 0 Å². The smallest absolute Gasteiger partial charge is 0.258 e. The predicted molar refractivity (Wildman–Crippen MR) is 95.4 cm³/mol. The Labute approximate surface area is 142 Å². The Hall–Kier alpha value is -2.05. The molecule has 0 saturated heterocycles. The predicted octanol–water partition coefficient (Wildman–Crippen LogP) is 2.76. The molecule has 0 radical (unpaired) electrons. The van der Waals surface area contributed by atoms with Crippen LogP contribution >= 0.6 is 0 Å². The molecule has 0 atom stereocenters. The van der Waals surface area contributed by atoms with Crippen molar-refractivity contribution in [1.29, 1.82) is 0 Å². The number of fused-ring (bicyclic) bond motifs is 1. The fourth-order valence-electron chi connectivity index (χ4n) is 2.59. The van der Waals surface area contributed by atoms with E-state index in [2.05, 4.69) is 35.5 Å². The standard InChI is InChI=1S/C18H21N3O2S/c1-18(2,3)14-8-6-13(7-9-14)11-21-24(22,23)17-15-5-4-10-19-16(15)12-20-17/h4-10,21H,11-12H2,1-3H3. The molecule has 1 aliphatic heterocycles. The molecule has 1 N–H and O–H groups in total. The van der Waals surface area contributed by atoms with Gasteiger partial charge in [-0.2, -0.15) is 0 Å². The Balaban J connectivity index is 1.73. The van der Waals surface area contributed by atoms with Gasteiger partial charge in [-0.1, -0.05) is 45.0 Å². The van der Waals surface area contributed by atoms with Crippen LogP contribution in [0.3, 0.4) is 0 Å². The Kier molecular flexibility index (Phi) is 4.27. The lowest BCUT2D eigenvalue weighted by atomic mass is 9.87. The van der Waals surface area contributed by atoms with Gasteiger partial charge in [0.25, 0.3) is 10.0 Å². The third kappa shape index (κ3) is 3.39. The monoisotopic (exact) mass is 343 g/mol. The van der Waals surface area contributed by atoms with E-state index in [1.807, 2.05) is 24.3 Å². The molecule has 24 heavy (non-hydrogen) atoms. The van der Waals surface area contributed by atoms with E-state index in [9.17, 15) is 8.42 Å². The van der Waals surface area contributed by atoms with Crippen molar-refractivity contribution >= 4 is 15.1 Å². The number of hydrogen-bond acceptors (Lipinski definition) is 4. The summed E-state index contributed by atoms with van der Waals surface area (Å²) in [6, 6.07) is 11.4. The lowest BCUT2D eigenvalue weighted by molar-refractivity contribution is 0.588. The van der Waals surface area contributed by atoms with Crippen molar-refractivity contribution in [2.24, 2.45) is 4.99 Å². The average Bonchev–Trinajstić information content (AvgIpc) is 2.97. The first kappa shape index (κ1) is 16.8. The Morgan fingerprint density at radius 3 is 2.50 bits per heavy atom. The third-order valence-corrected chi connectivity index (χ3v) is 5.42. The molecule has 0 amide bonds. The van der Waals surface area contributed by atoms with Gasteiger partial charge in [-0.3, -0.25) is 9.98 Å². The van der Waals surface area contributed by atoms with Gasteiger partial charge >= 0.3 is 0 Å². The van der Waals surface area contributed by atoms with Gasteiger partial charge in [-0.05, 0) is 28.7 Å². The summed E-state index contributed by atoms with van der Waals surface area (Å²) in [5.74, 6) is 0. The van der Waals surface area contributed by atoms with Crippen LogP contribution in [-0.2, 0) is 28.5 Å². The van der Waals surface area contributed by atoms with Crippen LogP contribution in [0.4, 0.5) is 0 Å². The number of pyridine rings is 1. The molecular weight excluding hydrogens is 322 g/mol. The zero-order chi connectivity index (χ0) is 17.4. The van der Waals surface area contributed by atoms with E-state index in [1.165, 1.54) is 5.56 Å². The maximum absolute atomic E-state index is 12.5. The van der Waals surface area contributed by atoms with E-state index in [-0.39, 0.29) is 17.0 Å². The van der Waals surface area contributed by atoms with Crippen LogP contribution in [0, 0.1) is 0 Å². The molecule has 3 rings (SSSR count). The molecule has 2 heterocycles. The van der Waals surface area contributed by atoms with Gasteiger partial charge in [-0.15, -0.1) is 0 Å². The molecule has 1 aliphatic rings. The van der Waals surface area contributed by atoms with Crippen molar-refractivity contribution in [1.82, 2.24) is 9.71 Å². The van der Waals surface area contributed by atoms with Crippen LogP contribution in [0.5, 0.6) is 0 Å². The Morgan fingerprint density at radius 1 is 1.12 bits per heavy atom. The van der Waals surface area contributed by atoms with Crippen molar-refractivity contribution in [2.45, 2.75) is 39.3 Å². The second kappa shape index (κ2) is 6.11. The second-order valence-electron chi connectivity index (χ2n) is 6.89. The van der Waals surface area contributed by atoms with E-state index in [0.29, 0.717) is 17.8 Å². The van der Waals surface area contributed by atoms with Crippen molar-refractivity contribution < 1.29 is 8.42 Å². The number of benzene rings is 1. The summed E-state index contributed by atoms with van der Waals surface area (Å²) in [5.41, 5.74) is 3.50. The number of sulfonamides is 1. The maximum Gasteiger partial charge on any atom is 0.258 e. The molecule has 0 saturated carbocycles. The van der Waals surface area contributed by atoms with E-state index in [1.54, 1.807) is 18.3 Å². The quantitative estimate of drug-likeness (QED) is 0.931. The number of rotatable bonds is 3. The molecule has 0 bridgehead atoms. The summed E-state index contributed by atoms with van der Waals surface area (Å²) < 4.78 is 27.7. The third-order valence-electron chi connectivity index (χ3n) is 4.03. The highest BCUT2D eigenvalue weighted by atomic mass is 32.2. The lowest BCUT2D eigenvalue weighted by Crippen LogP contribution is -2.30. The SMILES string of the molecule is CC(C)(C)c1ccc(CNS(=O)(=O)C2=NCc3ncccc32)cc1. The Morgan fingerprint density at radius 2 is 1.83 bits per heavy atom. The molecule has 5 nitrogen and oxygen atoms in total. The molecule has 2 aromatic rings. The highest BCUT2D eigenvalue weighted by Gasteiger charge is 2.27. The van der Waals surface area contributed by atoms with E-state index in [0.717, 1.165) is 5.56 Å². The minimum atomic E-state index is -3.65. The highest BCUT2D eigenvalue weighted by Crippen LogP contribution is 2.22. The largest absolute Gasteiger partial charge is 0.265 e. The highest BCUT2D eigenvalue weighted by molar-refractivity contribution is 8.05. The molecule has 126 valence electrons. The summed E-state index contributed by atoms with van der Waals surface area (Å²) in [4.78, 5) is 8.30. The van der Waals surface area contributed by atoms with Crippen LogP contribution in [0.15, 0.2) is 47.6 Å². The number of aromatic nitrogens is 1. The first-order valence-corrected chi connectivity index (χ1v) is 9.33. The van der Waals surface area contributed by atoms with Crippen molar-refractivity contribution in [3.63, 3.8) is 0 Å². The molecule has 0 unspecified atom stereocenters. The van der Waals surface area contributed by atoms with Gasteiger partial charge in [0.2, 0.25) is 0 Å². The van der Waals surface area contributed by atoms with Crippen LogP contribution in [0.25, 0.3) is 0 Å². The van der Waals surface area contributed by atoms with Crippen LogP contribution < -0.4 is 4.72 Å². The molecular formula is C18H21N3O2S. The lowest BCUT2D eigenvalue weighted by Gasteiger charge is -2.19. The van der Waals surface area contributed by atoms with E-state index >= 15 is 0 Å². The first-order valence-electron chi connectivity index (χ1n) is 7.85. The van der Waals surface area contributed by atoms with Crippen LogP contribution in [0.1, 0.15) is 43.2 Å². The first-order chi connectivity index (χ1) is 11.3. The fraction of sp³-hybridized carbons (Fsp3) is 0.333. The average molecular weight is 343 g/mol. The summed E-state index contributed by atoms with van der Waals surface area (Å²) in [5, 5.41) is 0.0805. The summed E-state index contributed by atoms with van der Waals surface area (Å²) in [6.07, 6.45) is 1.65. The van der Waals surface area contributed by atoms with Crippen LogP contribution in [-0.4, -0.2) is 18.4 Å². The Bertz CT molecular complexity index is 879. The second-order valence-corrected chi connectivity index (χ2v) is 8.57. The fourth-order valence-corrected chi connectivity index (χ4v) is 3.79. The van der Waals surface area contributed by atoms with Gasteiger partial charge in [-0.25, -0.2) is 13.1 Å². The number of nitrogens with zero attached hydrogens (tertiary/aromatic N) is 2. The normalized spacial score (nSPS) is 14.4. The van der Waals surface area contributed by atoms with Gasteiger partial charge in [0, 0.05) is 18.3 Å². The van der Waals surface area contributed by atoms with Crippen molar-refractivity contribution in [3.05, 3.63) is 65.0 Å². The van der Waals surface area contributed by atoms with Crippen molar-refractivity contribution in [2.75, 3.05) is 0 Å². The topological polar surface area (TPSA) is 71.4 Å². The van der Waals surface area contributed by atoms with Gasteiger partial charge in [0.1, 0.15) is 0 Å². The molecule has 0 fully saturated rings. The zero-order valence-electron chi connectivity index (χ0n) is 14.1. The minimum Gasteiger partial charge on any atom is -0.265 e.